The van der Waals surface area contributed by atoms with Gasteiger partial charge in [-0.15, -0.1) is 0 Å². The Morgan fingerprint density at radius 2 is 1.80 bits per heavy atom. The van der Waals surface area contributed by atoms with Crippen molar-refractivity contribution in [1.82, 2.24) is 0 Å². The Hall–Kier alpha value is -4.10. The van der Waals surface area contributed by atoms with Gasteiger partial charge in [0.1, 0.15) is 18.1 Å². The van der Waals surface area contributed by atoms with Gasteiger partial charge < -0.3 is 14.2 Å². The molecule has 1 aliphatic heterocycles. The third-order valence-electron chi connectivity index (χ3n) is 5.47. The van der Waals surface area contributed by atoms with E-state index in [1.54, 1.807) is 66.7 Å². The molecular weight excluding hydrogens is 470 g/mol. The summed E-state index contributed by atoms with van der Waals surface area (Å²) in [7, 11) is 2.85. The van der Waals surface area contributed by atoms with Crippen molar-refractivity contribution in [2.45, 2.75) is 13.0 Å². The molecule has 1 aliphatic rings. The summed E-state index contributed by atoms with van der Waals surface area (Å²) < 4.78 is 16.2. The van der Waals surface area contributed by atoms with Crippen LogP contribution >= 0.6 is 11.6 Å². The van der Waals surface area contributed by atoms with Gasteiger partial charge >= 0.3 is 5.97 Å². The maximum absolute atomic E-state index is 13.0. The van der Waals surface area contributed by atoms with Crippen LogP contribution in [0.5, 0.6) is 11.5 Å². The highest BCUT2D eigenvalue weighted by Crippen LogP contribution is 2.31. The minimum atomic E-state index is -0.465. The lowest BCUT2D eigenvalue weighted by molar-refractivity contribution is -0.120. The van der Waals surface area contributed by atoms with Gasteiger partial charge in [-0.1, -0.05) is 35.9 Å². The average molecular weight is 492 g/mol. The molecule has 0 N–H and O–H groups in total. The summed E-state index contributed by atoms with van der Waals surface area (Å²) >= 11 is 6.03. The normalized spacial score (nSPS) is 14.4. The van der Waals surface area contributed by atoms with Crippen molar-refractivity contribution in [2.24, 2.45) is 0 Å². The number of rotatable bonds is 7. The molecule has 4 rings (SSSR count). The lowest BCUT2D eigenvalue weighted by atomic mass is 10.1. The van der Waals surface area contributed by atoms with Gasteiger partial charge in [0.15, 0.2) is 0 Å². The van der Waals surface area contributed by atoms with Crippen molar-refractivity contribution in [3.05, 3.63) is 94.0 Å². The van der Waals surface area contributed by atoms with Crippen molar-refractivity contribution < 1.29 is 28.6 Å². The van der Waals surface area contributed by atoms with Crippen molar-refractivity contribution in [3.8, 4) is 11.5 Å². The first-order chi connectivity index (χ1) is 16.9. The largest absolute Gasteiger partial charge is 0.496 e. The first-order valence-electron chi connectivity index (χ1n) is 10.7. The molecule has 3 aromatic rings. The van der Waals surface area contributed by atoms with Gasteiger partial charge in [0.2, 0.25) is 5.91 Å². The average Bonchev–Trinajstić information content (AvgIpc) is 3.15. The number of ether oxygens (including phenoxy) is 3. The van der Waals surface area contributed by atoms with Crippen LogP contribution in [0.15, 0.2) is 72.3 Å². The maximum Gasteiger partial charge on any atom is 0.337 e. The summed E-state index contributed by atoms with van der Waals surface area (Å²) in [5.41, 5.74) is 2.43. The monoisotopic (exact) mass is 491 g/mol. The lowest BCUT2D eigenvalue weighted by Crippen LogP contribution is -2.28. The number of hydrogen-bond donors (Lipinski definition) is 0. The number of benzene rings is 3. The summed E-state index contributed by atoms with van der Waals surface area (Å²) in [5.74, 6) is -0.132. The van der Waals surface area contributed by atoms with Crippen LogP contribution in [0.25, 0.3) is 6.08 Å². The van der Waals surface area contributed by atoms with Crippen LogP contribution in [0.2, 0.25) is 5.02 Å². The van der Waals surface area contributed by atoms with Crippen LogP contribution < -0.4 is 14.4 Å². The predicted molar refractivity (Wildman–Crippen MR) is 132 cm³/mol. The minimum absolute atomic E-state index is 0.0331. The number of amides is 2. The number of imide groups is 1. The van der Waals surface area contributed by atoms with Crippen molar-refractivity contribution >= 4 is 41.1 Å². The van der Waals surface area contributed by atoms with Crippen LogP contribution in [0.3, 0.4) is 0 Å². The van der Waals surface area contributed by atoms with Crippen LogP contribution in [0, 0.1) is 0 Å². The molecule has 0 aromatic heterocycles. The highest BCUT2D eigenvalue weighted by atomic mass is 35.5. The first-order valence-corrected chi connectivity index (χ1v) is 11.1. The van der Waals surface area contributed by atoms with E-state index in [0.717, 1.165) is 4.90 Å². The summed E-state index contributed by atoms with van der Waals surface area (Å²) in [4.78, 5) is 38.7. The molecule has 35 heavy (non-hydrogen) atoms. The zero-order valence-corrected chi connectivity index (χ0v) is 19.9. The van der Waals surface area contributed by atoms with Gasteiger partial charge in [-0.25, -0.2) is 9.69 Å². The van der Waals surface area contributed by atoms with Gasteiger partial charge in [0.25, 0.3) is 5.91 Å². The van der Waals surface area contributed by atoms with Gasteiger partial charge in [0, 0.05) is 21.7 Å². The maximum atomic E-state index is 13.0. The van der Waals surface area contributed by atoms with Gasteiger partial charge in [-0.3, -0.25) is 9.59 Å². The molecule has 7 nitrogen and oxygen atoms in total. The van der Waals surface area contributed by atoms with Gasteiger partial charge in [-0.2, -0.15) is 0 Å². The van der Waals surface area contributed by atoms with Crippen LogP contribution in [0.1, 0.15) is 27.9 Å². The molecular formula is C27H22ClNO6. The molecule has 1 saturated heterocycles. The number of carbonyl (C=O) groups is 3. The summed E-state index contributed by atoms with van der Waals surface area (Å²) in [5, 5.41) is 0.436. The summed E-state index contributed by atoms with van der Waals surface area (Å²) in [6.07, 6.45) is 1.62. The number of hydrogen-bond acceptors (Lipinski definition) is 6. The quantitative estimate of drug-likeness (QED) is 0.261. The third-order valence-corrected chi connectivity index (χ3v) is 5.70. The second-order valence-corrected chi connectivity index (χ2v) is 8.14. The van der Waals surface area contributed by atoms with E-state index < -0.39 is 11.9 Å². The molecule has 178 valence electrons. The number of para-hydroxylation sites is 1. The fourth-order valence-electron chi connectivity index (χ4n) is 3.77. The Morgan fingerprint density at radius 1 is 1.00 bits per heavy atom. The van der Waals surface area contributed by atoms with Gasteiger partial charge in [0.05, 0.1) is 31.9 Å². The Bertz CT molecular complexity index is 1330. The molecule has 8 heteroatoms. The predicted octanol–water partition coefficient (Wildman–Crippen LogP) is 5.06. The van der Waals surface area contributed by atoms with E-state index in [2.05, 4.69) is 0 Å². The molecule has 0 bridgehead atoms. The van der Waals surface area contributed by atoms with Gasteiger partial charge in [-0.05, 0) is 48.5 Å². The third kappa shape index (κ3) is 5.20. The number of methoxy groups -OCH3 is 2. The Labute approximate surface area is 207 Å². The molecule has 0 radical (unpaired) electrons. The molecule has 0 spiro atoms. The van der Waals surface area contributed by atoms with E-state index in [-0.39, 0.29) is 18.9 Å². The molecule has 0 saturated carbocycles. The van der Waals surface area contributed by atoms with Crippen LogP contribution in [0.4, 0.5) is 5.69 Å². The topological polar surface area (TPSA) is 82.1 Å². The second kappa shape index (κ2) is 10.4. The smallest absolute Gasteiger partial charge is 0.337 e. The fraction of sp³-hybridized carbons (Fsp3) is 0.148. The Morgan fingerprint density at radius 3 is 2.54 bits per heavy atom. The number of carbonyl (C=O) groups excluding carboxylic acids is 3. The molecule has 2 amide bonds. The highest BCUT2D eigenvalue weighted by Gasteiger charge is 2.35. The molecule has 0 aliphatic carbocycles. The minimum Gasteiger partial charge on any atom is -0.496 e. The van der Waals surface area contributed by atoms with E-state index in [4.69, 9.17) is 25.8 Å². The van der Waals surface area contributed by atoms with E-state index in [9.17, 15) is 14.4 Å². The molecule has 0 unspecified atom stereocenters. The van der Waals surface area contributed by atoms with E-state index >= 15 is 0 Å². The van der Waals surface area contributed by atoms with Crippen molar-refractivity contribution in [3.63, 3.8) is 0 Å². The van der Waals surface area contributed by atoms with E-state index in [1.807, 2.05) is 6.07 Å². The zero-order chi connectivity index (χ0) is 24.9. The standard InChI is InChI=1S/C27H22ClNO6/c1-33-23-11-10-18(27(32)34-2)13-20(23)16-35-24-9-4-3-6-17(24)12-19-14-25(30)29(26(19)31)22-8-5-7-21(28)15-22/h3-13,15H,14,16H2,1-2H3/b19-12+. The van der Waals surface area contributed by atoms with E-state index in [1.165, 1.54) is 14.2 Å². The number of esters is 1. The zero-order valence-electron chi connectivity index (χ0n) is 19.1. The molecule has 0 atom stereocenters. The first kappa shape index (κ1) is 24.0. The number of halogens is 1. The fourth-order valence-corrected chi connectivity index (χ4v) is 3.96. The summed E-state index contributed by atoms with van der Waals surface area (Å²) in [6.45, 7) is 0.107. The highest BCUT2D eigenvalue weighted by molar-refractivity contribution is 6.32. The van der Waals surface area contributed by atoms with Crippen molar-refractivity contribution in [2.75, 3.05) is 19.1 Å². The van der Waals surface area contributed by atoms with Crippen LogP contribution in [-0.2, 0) is 20.9 Å². The number of nitrogens with zero attached hydrogens (tertiary/aromatic N) is 1. The lowest BCUT2D eigenvalue weighted by Gasteiger charge is -2.14. The van der Waals surface area contributed by atoms with Crippen molar-refractivity contribution in [1.29, 1.82) is 0 Å². The Balaban J connectivity index is 1.58. The Kier molecular flexibility index (Phi) is 7.17. The molecule has 3 aromatic carbocycles. The summed E-state index contributed by atoms with van der Waals surface area (Å²) in [6, 6.07) is 18.7. The molecule has 1 fully saturated rings. The number of anilines is 1. The van der Waals surface area contributed by atoms with Crippen LogP contribution in [-0.4, -0.2) is 32.0 Å². The second-order valence-electron chi connectivity index (χ2n) is 7.71. The molecule has 1 heterocycles. The van der Waals surface area contributed by atoms with E-state index in [0.29, 0.717) is 44.5 Å². The SMILES string of the molecule is COC(=O)c1ccc(OC)c(COc2ccccc2/C=C2\CC(=O)N(c3cccc(Cl)c3)C2=O)c1.